The molecule has 2 aromatic carbocycles. The highest BCUT2D eigenvalue weighted by Gasteiger charge is 2.38. The second-order valence-electron chi connectivity index (χ2n) is 6.92. The van der Waals surface area contributed by atoms with E-state index in [9.17, 15) is 9.59 Å². The van der Waals surface area contributed by atoms with Crippen molar-refractivity contribution in [1.29, 1.82) is 0 Å². The molecule has 0 spiro atoms. The summed E-state index contributed by atoms with van der Waals surface area (Å²) in [6.45, 7) is 10.2. The second kappa shape index (κ2) is 6.79. The summed E-state index contributed by atoms with van der Waals surface area (Å²) in [5, 5.41) is 3.23. The molecule has 2 aromatic rings. The Labute approximate surface area is 154 Å². The molecule has 0 aromatic heterocycles. The highest BCUT2D eigenvalue weighted by atomic mass is 16.2. The van der Waals surface area contributed by atoms with Crippen molar-refractivity contribution >= 4 is 23.1 Å². The Morgan fingerprint density at radius 3 is 2.08 bits per heavy atom. The number of hydrogen-bond acceptors (Lipinski definition) is 3. The lowest BCUT2D eigenvalue weighted by Crippen LogP contribution is -2.32. The molecule has 0 bridgehead atoms. The van der Waals surface area contributed by atoms with Crippen LogP contribution in [0, 0.1) is 27.7 Å². The molecule has 4 heteroatoms. The monoisotopic (exact) mass is 348 g/mol. The van der Waals surface area contributed by atoms with Gasteiger partial charge >= 0.3 is 0 Å². The van der Waals surface area contributed by atoms with E-state index in [1.807, 2.05) is 65.0 Å². The fraction of sp³-hybridized carbons (Fsp3) is 0.273. The predicted octanol–water partition coefficient (Wildman–Crippen LogP) is 4.13. The molecule has 4 nitrogen and oxygen atoms in total. The smallest absolute Gasteiger partial charge is 0.278 e. The average Bonchev–Trinajstić information content (AvgIpc) is 2.77. The number of rotatable bonds is 4. The Morgan fingerprint density at radius 1 is 0.846 bits per heavy atom. The Morgan fingerprint density at radius 2 is 1.50 bits per heavy atom. The average molecular weight is 348 g/mol. The Bertz CT molecular complexity index is 921. The SMILES string of the molecule is CCN1C(=O)C(Nc2cc(C)cc(C)c2)=C(c2ccc(C)cc2C)C1=O. The molecule has 0 radical (unpaired) electrons. The minimum Gasteiger partial charge on any atom is -0.350 e. The van der Waals surface area contributed by atoms with E-state index in [0.717, 1.165) is 33.5 Å². The maximum absolute atomic E-state index is 12.9. The second-order valence-corrected chi connectivity index (χ2v) is 6.92. The molecular weight excluding hydrogens is 324 g/mol. The van der Waals surface area contributed by atoms with E-state index < -0.39 is 0 Å². The first kappa shape index (κ1) is 17.9. The van der Waals surface area contributed by atoms with Crippen molar-refractivity contribution in [2.24, 2.45) is 0 Å². The molecular formula is C22H24N2O2. The molecule has 1 N–H and O–H groups in total. The summed E-state index contributed by atoms with van der Waals surface area (Å²) in [6.07, 6.45) is 0. The van der Waals surface area contributed by atoms with Crippen LogP contribution in [0.1, 0.15) is 34.7 Å². The molecule has 0 unspecified atom stereocenters. The largest absolute Gasteiger partial charge is 0.350 e. The van der Waals surface area contributed by atoms with Crippen LogP contribution in [0.5, 0.6) is 0 Å². The van der Waals surface area contributed by atoms with Gasteiger partial charge in [-0.2, -0.15) is 0 Å². The minimum atomic E-state index is -0.272. The van der Waals surface area contributed by atoms with Gasteiger partial charge in [-0.05, 0) is 69.0 Å². The van der Waals surface area contributed by atoms with Gasteiger partial charge in [-0.1, -0.05) is 29.8 Å². The number of imide groups is 1. The van der Waals surface area contributed by atoms with E-state index in [1.165, 1.54) is 4.90 Å². The number of carbonyl (C=O) groups is 2. The summed E-state index contributed by atoms with van der Waals surface area (Å²) < 4.78 is 0. The lowest BCUT2D eigenvalue weighted by atomic mass is 9.97. The van der Waals surface area contributed by atoms with Gasteiger partial charge in [-0.15, -0.1) is 0 Å². The molecule has 2 amide bonds. The van der Waals surface area contributed by atoms with Crippen LogP contribution in [-0.2, 0) is 9.59 Å². The van der Waals surface area contributed by atoms with Crippen LogP contribution in [0.3, 0.4) is 0 Å². The number of nitrogens with zero attached hydrogens (tertiary/aromatic N) is 1. The van der Waals surface area contributed by atoms with Crippen molar-refractivity contribution in [2.45, 2.75) is 34.6 Å². The normalized spacial score (nSPS) is 14.4. The van der Waals surface area contributed by atoms with E-state index >= 15 is 0 Å². The van der Waals surface area contributed by atoms with Crippen LogP contribution < -0.4 is 5.32 Å². The first-order chi connectivity index (χ1) is 12.3. The quantitative estimate of drug-likeness (QED) is 0.845. The van der Waals surface area contributed by atoms with Gasteiger partial charge in [0, 0.05) is 12.2 Å². The van der Waals surface area contributed by atoms with Gasteiger partial charge < -0.3 is 5.32 Å². The van der Waals surface area contributed by atoms with Crippen molar-refractivity contribution in [3.63, 3.8) is 0 Å². The van der Waals surface area contributed by atoms with Crippen molar-refractivity contribution < 1.29 is 9.59 Å². The number of likely N-dealkylation sites (N-methyl/N-ethyl adjacent to an activating group) is 1. The zero-order valence-corrected chi connectivity index (χ0v) is 15.9. The molecule has 0 saturated heterocycles. The van der Waals surface area contributed by atoms with E-state index in [2.05, 4.69) is 11.4 Å². The Hall–Kier alpha value is -2.88. The van der Waals surface area contributed by atoms with Gasteiger partial charge in [0.15, 0.2) is 0 Å². The van der Waals surface area contributed by atoms with E-state index in [-0.39, 0.29) is 11.8 Å². The molecule has 26 heavy (non-hydrogen) atoms. The third kappa shape index (κ3) is 3.15. The number of aryl methyl sites for hydroxylation is 4. The number of anilines is 1. The standard InChI is InChI=1S/C22H24N2O2/c1-6-24-21(25)19(18-8-7-13(2)10-16(18)5)20(22(24)26)23-17-11-14(3)9-15(4)12-17/h7-12,23H,6H2,1-5H3. The van der Waals surface area contributed by atoms with Crippen molar-refractivity contribution in [3.8, 4) is 0 Å². The summed E-state index contributed by atoms with van der Waals surface area (Å²) in [5.74, 6) is -0.511. The van der Waals surface area contributed by atoms with Crippen LogP contribution >= 0.6 is 0 Å². The molecule has 1 heterocycles. The highest BCUT2D eigenvalue weighted by Crippen LogP contribution is 2.32. The number of carbonyl (C=O) groups excluding carboxylic acids is 2. The lowest BCUT2D eigenvalue weighted by molar-refractivity contribution is -0.136. The third-order valence-electron chi connectivity index (χ3n) is 4.63. The zero-order chi connectivity index (χ0) is 19.0. The van der Waals surface area contributed by atoms with E-state index in [4.69, 9.17) is 0 Å². The molecule has 0 fully saturated rings. The van der Waals surface area contributed by atoms with Crippen molar-refractivity contribution in [1.82, 2.24) is 4.90 Å². The predicted molar refractivity (Wildman–Crippen MR) is 105 cm³/mol. The van der Waals surface area contributed by atoms with Gasteiger partial charge in [-0.3, -0.25) is 14.5 Å². The Kier molecular flexibility index (Phi) is 4.68. The number of benzene rings is 2. The number of nitrogens with one attached hydrogen (secondary N) is 1. The van der Waals surface area contributed by atoms with Gasteiger partial charge in [0.05, 0.1) is 5.57 Å². The molecule has 0 atom stereocenters. The zero-order valence-electron chi connectivity index (χ0n) is 15.9. The lowest BCUT2D eigenvalue weighted by Gasteiger charge is -2.12. The molecule has 1 aliphatic heterocycles. The van der Waals surface area contributed by atoms with Gasteiger partial charge in [0.1, 0.15) is 5.70 Å². The first-order valence-corrected chi connectivity index (χ1v) is 8.85. The maximum atomic E-state index is 12.9. The number of hydrogen-bond donors (Lipinski definition) is 1. The van der Waals surface area contributed by atoms with Crippen molar-refractivity contribution in [3.05, 3.63) is 69.9 Å². The highest BCUT2D eigenvalue weighted by molar-refractivity contribution is 6.36. The Balaban J connectivity index is 2.15. The molecule has 134 valence electrons. The first-order valence-electron chi connectivity index (χ1n) is 8.85. The van der Waals surface area contributed by atoms with Crippen LogP contribution in [0.2, 0.25) is 0 Å². The van der Waals surface area contributed by atoms with Crippen LogP contribution in [0.15, 0.2) is 42.1 Å². The van der Waals surface area contributed by atoms with Crippen LogP contribution in [0.4, 0.5) is 5.69 Å². The molecule has 3 rings (SSSR count). The summed E-state index contributed by atoms with van der Waals surface area (Å²) >= 11 is 0. The van der Waals surface area contributed by atoms with Gasteiger partial charge in [-0.25, -0.2) is 0 Å². The summed E-state index contributed by atoms with van der Waals surface area (Å²) in [6, 6.07) is 12.0. The fourth-order valence-corrected chi connectivity index (χ4v) is 3.51. The third-order valence-corrected chi connectivity index (χ3v) is 4.63. The van der Waals surface area contributed by atoms with E-state index in [1.54, 1.807) is 0 Å². The summed E-state index contributed by atoms with van der Waals surface area (Å²) in [4.78, 5) is 27.1. The van der Waals surface area contributed by atoms with Gasteiger partial charge in [0.2, 0.25) is 0 Å². The molecule has 0 aliphatic carbocycles. The topological polar surface area (TPSA) is 49.4 Å². The number of amides is 2. The minimum absolute atomic E-state index is 0.240. The summed E-state index contributed by atoms with van der Waals surface area (Å²) in [7, 11) is 0. The fourth-order valence-electron chi connectivity index (χ4n) is 3.51. The van der Waals surface area contributed by atoms with E-state index in [0.29, 0.717) is 17.8 Å². The maximum Gasteiger partial charge on any atom is 0.278 e. The molecule has 0 saturated carbocycles. The summed E-state index contributed by atoms with van der Waals surface area (Å²) in [5.41, 5.74) is 6.74. The van der Waals surface area contributed by atoms with Gasteiger partial charge in [0.25, 0.3) is 11.8 Å². The van der Waals surface area contributed by atoms with Crippen molar-refractivity contribution in [2.75, 3.05) is 11.9 Å². The molecule has 1 aliphatic rings. The van der Waals surface area contributed by atoms with Crippen LogP contribution in [-0.4, -0.2) is 23.3 Å². The van der Waals surface area contributed by atoms with Crippen LogP contribution in [0.25, 0.3) is 5.57 Å².